The number of carbonyl (C=O) groups is 2. The van der Waals surface area contributed by atoms with Gasteiger partial charge in [0.15, 0.2) is 0 Å². The van der Waals surface area contributed by atoms with Gasteiger partial charge in [-0.3, -0.25) is 14.5 Å². The number of nitrogens with one attached hydrogen (secondary N) is 1. The van der Waals surface area contributed by atoms with E-state index >= 15 is 0 Å². The molecule has 2 rings (SSSR count). The lowest BCUT2D eigenvalue weighted by atomic mass is 10.2. The predicted molar refractivity (Wildman–Crippen MR) is 72.6 cm³/mol. The number of nitrogens with zero attached hydrogens (tertiary/aromatic N) is 1. The van der Waals surface area contributed by atoms with Crippen LogP contribution in [0.4, 0.5) is 5.69 Å². The Labute approximate surface area is 111 Å². The highest BCUT2D eigenvalue weighted by molar-refractivity contribution is 7.98. The molecule has 0 aliphatic carbocycles. The maximum atomic E-state index is 11.9. The molecule has 4 nitrogen and oxygen atoms in total. The summed E-state index contributed by atoms with van der Waals surface area (Å²) in [6.45, 7) is 2.26. The van der Waals surface area contributed by atoms with Gasteiger partial charge in [0.1, 0.15) is 6.04 Å². The summed E-state index contributed by atoms with van der Waals surface area (Å²) in [5.74, 6) is -0.225. The lowest BCUT2D eigenvalue weighted by Gasteiger charge is -2.14. The van der Waals surface area contributed by atoms with Gasteiger partial charge in [-0.2, -0.15) is 0 Å². The first-order valence-electron chi connectivity index (χ1n) is 5.90. The number of benzene rings is 1. The molecule has 0 saturated carbocycles. The normalized spacial score (nSPS) is 19.4. The summed E-state index contributed by atoms with van der Waals surface area (Å²) < 4.78 is 0. The Kier molecular flexibility index (Phi) is 3.91. The molecular weight excluding hydrogens is 248 g/mol. The van der Waals surface area contributed by atoms with E-state index in [-0.39, 0.29) is 18.2 Å². The Balaban J connectivity index is 2.05. The third-order valence-electron chi connectivity index (χ3n) is 2.99. The van der Waals surface area contributed by atoms with Crippen LogP contribution in [0, 0.1) is 0 Å². The Hall–Kier alpha value is -1.49. The fourth-order valence-corrected chi connectivity index (χ4v) is 2.42. The van der Waals surface area contributed by atoms with Gasteiger partial charge in [-0.25, -0.2) is 0 Å². The Morgan fingerprint density at radius 1 is 1.33 bits per heavy atom. The second kappa shape index (κ2) is 5.44. The third kappa shape index (κ3) is 2.51. The van der Waals surface area contributed by atoms with Crippen molar-refractivity contribution in [3.05, 3.63) is 24.3 Å². The standard InChI is InChI=1S/C13H16N2O2S/c1-3-15-12(16)8-11(13(15)17)14-9-4-6-10(18-2)7-5-9/h4-7,11,14H,3,8H2,1-2H3/t11-/m0/s1. The summed E-state index contributed by atoms with van der Waals surface area (Å²) in [4.78, 5) is 26.0. The zero-order valence-corrected chi connectivity index (χ0v) is 11.3. The number of thioether (sulfide) groups is 1. The quantitative estimate of drug-likeness (QED) is 0.667. The molecule has 1 aliphatic heterocycles. The van der Waals surface area contributed by atoms with Crippen LogP contribution in [0.5, 0.6) is 0 Å². The molecule has 5 heteroatoms. The number of likely N-dealkylation sites (N-methyl/N-ethyl adjacent to an activating group) is 1. The van der Waals surface area contributed by atoms with Crippen molar-refractivity contribution in [3.8, 4) is 0 Å². The Morgan fingerprint density at radius 3 is 2.50 bits per heavy atom. The van der Waals surface area contributed by atoms with E-state index in [1.807, 2.05) is 37.4 Å². The molecule has 0 bridgehead atoms. The van der Waals surface area contributed by atoms with Crippen LogP contribution in [-0.4, -0.2) is 35.6 Å². The van der Waals surface area contributed by atoms with Crippen molar-refractivity contribution in [2.24, 2.45) is 0 Å². The second-order valence-electron chi connectivity index (χ2n) is 4.11. The van der Waals surface area contributed by atoms with Gasteiger partial charge in [-0.15, -0.1) is 11.8 Å². The maximum absolute atomic E-state index is 11.9. The fourth-order valence-electron chi connectivity index (χ4n) is 2.02. The van der Waals surface area contributed by atoms with Crippen molar-refractivity contribution in [1.82, 2.24) is 4.90 Å². The van der Waals surface area contributed by atoms with E-state index < -0.39 is 6.04 Å². The van der Waals surface area contributed by atoms with Gasteiger partial charge in [0, 0.05) is 17.1 Å². The van der Waals surface area contributed by atoms with Gasteiger partial charge in [-0.1, -0.05) is 0 Å². The molecule has 1 aliphatic rings. The average molecular weight is 264 g/mol. The number of hydrogen-bond acceptors (Lipinski definition) is 4. The Bertz CT molecular complexity index is 459. The minimum absolute atomic E-state index is 0.0965. The number of anilines is 1. The predicted octanol–water partition coefficient (Wildman–Crippen LogP) is 1.97. The van der Waals surface area contributed by atoms with Crippen LogP contribution < -0.4 is 5.32 Å². The zero-order chi connectivity index (χ0) is 13.1. The van der Waals surface area contributed by atoms with Crippen LogP contribution in [0.1, 0.15) is 13.3 Å². The first-order chi connectivity index (χ1) is 8.65. The molecule has 1 saturated heterocycles. The second-order valence-corrected chi connectivity index (χ2v) is 4.99. The van der Waals surface area contributed by atoms with E-state index in [0.29, 0.717) is 6.54 Å². The molecule has 1 atom stereocenters. The molecule has 0 spiro atoms. The van der Waals surface area contributed by atoms with Crippen LogP contribution in [-0.2, 0) is 9.59 Å². The van der Waals surface area contributed by atoms with Crippen molar-refractivity contribution < 1.29 is 9.59 Å². The van der Waals surface area contributed by atoms with E-state index in [2.05, 4.69) is 5.32 Å². The van der Waals surface area contributed by atoms with Gasteiger partial charge in [0.25, 0.3) is 5.91 Å². The van der Waals surface area contributed by atoms with Gasteiger partial charge < -0.3 is 5.32 Å². The van der Waals surface area contributed by atoms with E-state index in [0.717, 1.165) is 5.69 Å². The molecule has 96 valence electrons. The summed E-state index contributed by atoms with van der Waals surface area (Å²) in [6, 6.07) is 7.42. The van der Waals surface area contributed by atoms with Crippen LogP contribution in [0.15, 0.2) is 29.2 Å². The number of likely N-dealkylation sites (tertiary alicyclic amines) is 1. The lowest BCUT2D eigenvalue weighted by molar-refractivity contribution is -0.138. The van der Waals surface area contributed by atoms with Gasteiger partial charge in [0.05, 0.1) is 6.42 Å². The smallest absolute Gasteiger partial charge is 0.252 e. The number of amides is 2. The molecule has 0 unspecified atom stereocenters. The van der Waals surface area contributed by atoms with Gasteiger partial charge in [-0.05, 0) is 37.4 Å². The van der Waals surface area contributed by atoms with E-state index in [4.69, 9.17) is 0 Å². The molecule has 0 radical (unpaired) electrons. The number of carbonyl (C=O) groups excluding carboxylic acids is 2. The summed E-state index contributed by atoms with van der Waals surface area (Å²) in [6.07, 6.45) is 2.26. The van der Waals surface area contributed by atoms with Crippen molar-refractivity contribution in [2.75, 3.05) is 18.1 Å². The van der Waals surface area contributed by atoms with Crippen LogP contribution >= 0.6 is 11.8 Å². The molecule has 1 aromatic rings. The minimum Gasteiger partial charge on any atom is -0.373 e. The highest BCUT2D eigenvalue weighted by Crippen LogP contribution is 2.21. The summed E-state index contributed by atoms with van der Waals surface area (Å²) in [5.41, 5.74) is 0.872. The molecule has 1 heterocycles. The monoisotopic (exact) mass is 264 g/mol. The molecule has 18 heavy (non-hydrogen) atoms. The molecule has 2 amide bonds. The van der Waals surface area contributed by atoms with Crippen molar-refractivity contribution in [1.29, 1.82) is 0 Å². The maximum Gasteiger partial charge on any atom is 0.252 e. The van der Waals surface area contributed by atoms with Crippen molar-refractivity contribution in [2.45, 2.75) is 24.3 Å². The Morgan fingerprint density at radius 2 is 2.00 bits per heavy atom. The number of imide groups is 1. The summed E-state index contributed by atoms with van der Waals surface area (Å²) in [5, 5.41) is 3.12. The lowest BCUT2D eigenvalue weighted by Crippen LogP contribution is -2.34. The van der Waals surface area contributed by atoms with E-state index in [9.17, 15) is 9.59 Å². The molecule has 1 aromatic carbocycles. The third-order valence-corrected chi connectivity index (χ3v) is 3.73. The summed E-state index contributed by atoms with van der Waals surface area (Å²) >= 11 is 1.67. The van der Waals surface area contributed by atoms with Crippen LogP contribution in [0.2, 0.25) is 0 Å². The van der Waals surface area contributed by atoms with E-state index in [1.54, 1.807) is 11.8 Å². The highest BCUT2D eigenvalue weighted by atomic mass is 32.2. The fraction of sp³-hybridized carbons (Fsp3) is 0.385. The molecule has 1 fully saturated rings. The van der Waals surface area contributed by atoms with Crippen LogP contribution in [0.3, 0.4) is 0 Å². The van der Waals surface area contributed by atoms with Gasteiger partial charge in [0.2, 0.25) is 5.91 Å². The zero-order valence-electron chi connectivity index (χ0n) is 10.5. The molecule has 1 N–H and O–H groups in total. The van der Waals surface area contributed by atoms with Crippen molar-refractivity contribution in [3.63, 3.8) is 0 Å². The number of rotatable bonds is 4. The van der Waals surface area contributed by atoms with Crippen molar-refractivity contribution >= 4 is 29.3 Å². The highest BCUT2D eigenvalue weighted by Gasteiger charge is 2.37. The van der Waals surface area contributed by atoms with Gasteiger partial charge >= 0.3 is 0 Å². The molecule has 0 aromatic heterocycles. The average Bonchev–Trinajstić information content (AvgIpc) is 2.65. The topological polar surface area (TPSA) is 49.4 Å². The number of hydrogen-bond donors (Lipinski definition) is 1. The minimum atomic E-state index is -0.419. The largest absolute Gasteiger partial charge is 0.373 e. The molecular formula is C13H16N2O2S. The first-order valence-corrected chi connectivity index (χ1v) is 7.13. The SMILES string of the molecule is CCN1C(=O)C[C@H](Nc2ccc(SC)cc2)C1=O. The summed E-state index contributed by atoms with van der Waals surface area (Å²) in [7, 11) is 0. The first kappa shape index (κ1) is 13.0. The van der Waals surface area contributed by atoms with E-state index in [1.165, 1.54) is 9.80 Å². The van der Waals surface area contributed by atoms with Crippen LogP contribution in [0.25, 0.3) is 0 Å².